The van der Waals surface area contributed by atoms with Crippen molar-refractivity contribution in [1.29, 1.82) is 0 Å². The van der Waals surface area contributed by atoms with E-state index in [0.717, 1.165) is 10.0 Å². The largest absolute Gasteiger partial charge is 0.490 e. The lowest BCUT2D eigenvalue weighted by Gasteiger charge is -2.12. The van der Waals surface area contributed by atoms with Crippen molar-refractivity contribution in [3.05, 3.63) is 44.7 Å². The lowest BCUT2D eigenvalue weighted by Crippen LogP contribution is -2.02. The summed E-state index contributed by atoms with van der Waals surface area (Å²) >= 11 is 8.79. The fraction of sp³-hybridized carbons (Fsp3) is 0.333. The topological polar surface area (TPSA) is 61.0 Å². The van der Waals surface area contributed by atoms with E-state index < -0.39 is 0 Å². The van der Waals surface area contributed by atoms with Gasteiger partial charge >= 0.3 is 0 Å². The maximum atomic E-state index is 13.3. The fourth-order valence-corrected chi connectivity index (χ4v) is 2.04. The van der Waals surface area contributed by atoms with Gasteiger partial charge in [-0.1, -0.05) is 11.6 Å². The Balaban J connectivity index is 0.000000235. The molecular formula is C15H18BrClFN3O. The van der Waals surface area contributed by atoms with Gasteiger partial charge in [0, 0.05) is 17.4 Å². The second-order valence-electron chi connectivity index (χ2n) is 4.53. The predicted octanol–water partition coefficient (Wildman–Crippen LogP) is 4.62. The molecule has 7 heteroatoms. The summed E-state index contributed by atoms with van der Waals surface area (Å²) in [5.41, 5.74) is 7.77. The number of nitrogens with zero attached hydrogens (tertiary/aromatic N) is 2. The third kappa shape index (κ3) is 4.81. The van der Waals surface area contributed by atoms with Crippen LogP contribution in [0, 0.1) is 26.6 Å². The first-order chi connectivity index (χ1) is 10.3. The van der Waals surface area contributed by atoms with Gasteiger partial charge in [0.15, 0.2) is 11.6 Å². The number of hydrogen-bond donors (Lipinski definition) is 1. The fourth-order valence-electron chi connectivity index (χ4n) is 1.68. The minimum atomic E-state index is -0.342. The third-order valence-corrected chi connectivity index (χ3v) is 3.94. The number of nitrogens with two attached hydrogens (primary N) is 1. The minimum Gasteiger partial charge on any atom is -0.490 e. The highest BCUT2D eigenvalue weighted by molar-refractivity contribution is 9.10. The predicted molar refractivity (Wildman–Crippen MR) is 90.9 cm³/mol. The molecule has 1 aromatic carbocycles. The summed E-state index contributed by atoms with van der Waals surface area (Å²) in [5.74, 6) is 0.611. The molecule has 0 spiro atoms. The number of benzene rings is 1. The van der Waals surface area contributed by atoms with Crippen LogP contribution in [0.1, 0.15) is 23.9 Å². The molecule has 0 amide bonds. The van der Waals surface area contributed by atoms with Gasteiger partial charge in [-0.25, -0.2) is 14.4 Å². The van der Waals surface area contributed by atoms with Gasteiger partial charge in [-0.05, 0) is 55.3 Å². The first kappa shape index (κ1) is 18.6. The van der Waals surface area contributed by atoms with Crippen LogP contribution in [-0.2, 0) is 0 Å². The monoisotopic (exact) mass is 389 g/mol. The van der Waals surface area contributed by atoms with Crippen LogP contribution in [0.2, 0.25) is 5.15 Å². The number of halogens is 3. The van der Waals surface area contributed by atoms with Crippen LogP contribution >= 0.6 is 27.5 Å². The molecule has 0 saturated heterocycles. The molecule has 0 aliphatic heterocycles. The Kier molecular flexibility index (Phi) is 7.03. The van der Waals surface area contributed by atoms with Gasteiger partial charge in [-0.3, -0.25) is 0 Å². The molecule has 4 nitrogen and oxygen atoms in total. The summed E-state index contributed by atoms with van der Waals surface area (Å²) in [6.07, 6.45) is 1.63. The minimum absolute atomic E-state index is 0.269. The maximum absolute atomic E-state index is 13.3. The highest BCUT2D eigenvalue weighted by Gasteiger charge is 2.11. The van der Waals surface area contributed by atoms with Gasteiger partial charge in [0.2, 0.25) is 0 Å². The first-order valence-corrected chi connectivity index (χ1v) is 7.77. The van der Waals surface area contributed by atoms with E-state index in [0.29, 0.717) is 28.8 Å². The number of rotatable bonds is 2. The molecule has 0 saturated carbocycles. The molecular weight excluding hydrogens is 373 g/mol. The molecule has 1 heterocycles. The van der Waals surface area contributed by atoms with Crippen LogP contribution in [0.5, 0.6) is 5.75 Å². The Morgan fingerprint density at radius 3 is 2.50 bits per heavy atom. The molecule has 2 N–H and O–H groups in total. The van der Waals surface area contributed by atoms with Gasteiger partial charge in [0.1, 0.15) is 11.0 Å². The summed E-state index contributed by atoms with van der Waals surface area (Å²) < 4.78 is 19.2. The molecule has 0 atom stereocenters. The van der Waals surface area contributed by atoms with Crippen LogP contribution in [-0.4, -0.2) is 16.6 Å². The molecule has 0 bridgehead atoms. The van der Waals surface area contributed by atoms with Crippen molar-refractivity contribution in [3.63, 3.8) is 0 Å². The van der Waals surface area contributed by atoms with Crippen molar-refractivity contribution in [2.75, 3.05) is 12.3 Å². The normalized spacial score (nSPS) is 9.95. The van der Waals surface area contributed by atoms with Crippen molar-refractivity contribution in [2.45, 2.75) is 27.7 Å². The van der Waals surface area contributed by atoms with E-state index in [1.54, 1.807) is 27.0 Å². The summed E-state index contributed by atoms with van der Waals surface area (Å²) in [6, 6.07) is 1.40. The molecule has 0 aliphatic rings. The van der Waals surface area contributed by atoms with E-state index in [4.69, 9.17) is 22.1 Å². The van der Waals surface area contributed by atoms with E-state index in [1.165, 1.54) is 6.07 Å². The Morgan fingerprint density at radius 1 is 1.36 bits per heavy atom. The number of aryl methyl sites for hydroxylation is 2. The SMILES string of the molecule is CCOc1c(F)cc(C)c(N)c1C.Cc1ncc(Br)c(Cl)n1. The Labute approximate surface area is 143 Å². The van der Waals surface area contributed by atoms with Crippen molar-refractivity contribution in [3.8, 4) is 5.75 Å². The van der Waals surface area contributed by atoms with Gasteiger partial charge < -0.3 is 10.5 Å². The molecule has 2 rings (SSSR count). The van der Waals surface area contributed by atoms with E-state index in [-0.39, 0.29) is 11.6 Å². The van der Waals surface area contributed by atoms with E-state index in [1.807, 2.05) is 6.92 Å². The molecule has 0 radical (unpaired) electrons. The van der Waals surface area contributed by atoms with Crippen molar-refractivity contribution in [1.82, 2.24) is 9.97 Å². The lowest BCUT2D eigenvalue weighted by atomic mass is 10.1. The standard InChI is InChI=1S/C10H14FNO.C5H4BrClN2/c1-4-13-10-7(3)9(12)6(2)5-8(10)11;1-3-8-2-4(6)5(7)9-3/h5H,4,12H2,1-3H3;2H,1H3. The third-order valence-electron chi connectivity index (χ3n) is 2.84. The summed E-state index contributed by atoms with van der Waals surface area (Å²) in [6.45, 7) is 7.59. The molecule has 0 aliphatic carbocycles. The Morgan fingerprint density at radius 2 is 2.00 bits per heavy atom. The van der Waals surface area contributed by atoms with E-state index in [2.05, 4.69) is 25.9 Å². The average Bonchev–Trinajstić information content (AvgIpc) is 2.46. The molecule has 0 fully saturated rings. The summed E-state index contributed by atoms with van der Waals surface area (Å²) in [4.78, 5) is 7.78. The number of anilines is 1. The van der Waals surface area contributed by atoms with Crippen LogP contribution in [0.4, 0.5) is 10.1 Å². The average molecular weight is 391 g/mol. The summed E-state index contributed by atoms with van der Waals surface area (Å²) in [7, 11) is 0. The van der Waals surface area contributed by atoms with Crippen molar-refractivity contribution >= 4 is 33.2 Å². The van der Waals surface area contributed by atoms with Gasteiger partial charge in [0.25, 0.3) is 0 Å². The highest BCUT2D eigenvalue weighted by Crippen LogP contribution is 2.29. The van der Waals surface area contributed by atoms with Crippen LogP contribution in [0.15, 0.2) is 16.7 Å². The van der Waals surface area contributed by atoms with Crippen molar-refractivity contribution in [2.24, 2.45) is 0 Å². The number of ether oxygens (including phenoxy) is 1. The molecule has 1 aromatic heterocycles. The summed E-state index contributed by atoms with van der Waals surface area (Å²) in [5, 5.41) is 0.461. The Hall–Kier alpha value is -1.40. The van der Waals surface area contributed by atoms with Gasteiger partial charge in [0.05, 0.1) is 11.1 Å². The second-order valence-corrected chi connectivity index (χ2v) is 5.74. The highest BCUT2D eigenvalue weighted by atomic mass is 79.9. The maximum Gasteiger partial charge on any atom is 0.165 e. The Bertz CT molecular complexity index is 668. The lowest BCUT2D eigenvalue weighted by molar-refractivity contribution is 0.319. The zero-order chi connectivity index (χ0) is 16.9. The number of nitrogen functional groups attached to an aromatic ring is 1. The number of hydrogen-bond acceptors (Lipinski definition) is 4. The zero-order valence-electron chi connectivity index (χ0n) is 12.9. The van der Waals surface area contributed by atoms with E-state index in [9.17, 15) is 4.39 Å². The van der Waals surface area contributed by atoms with Gasteiger partial charge in [-0.15, -0.1) is 0 Å². The molecule has 120 valence electrons. The van der Waals surface area contributed by atoms with Gasteiger partial charge in [-0.2, -0.15) is 0 Å². The molecule has 2 aromatic rings. The smallest absolute Gasteiger partial charge is 0.165 e. The molecule has 0 unspecified atom stereocenters. The molecule has 22 heavy (non-hydrogen) atoms. The second kappa shape index (κ2) is 8.29. The van der Waals surface area contributed by atoms with E-state index >= 15 is 0 Å². The van der Waals surface area contributed by atoms with Crippen LogP contribution < -0.4 is 10.5 Å². The van der Waals surface area contributed by atoms with Crippen LogP contribution in [0.3, 0.4) is 0 Å². The first-order valence-electron chi connectivity index (χ1n) is 6.60. The number of aromatic nitrogens is 2. The quantitative estimate of drug-likeness (QED) is 0.600. The van der Waals surface area contributed by atoms with Crippen molar-refractivity contribution < 1.29 is 9.13 Å². The zero-order valence-corrected chi connectivity index (χ0v) is 15.2. The van der Waals surface area contributed by atoms with Crippen LogP contribution in [0.25, 0.3) is 0 Å².